The molecule has 268 valence electrons. The molecular formula is C33H41N7O9S. The molecule has 6 atom stereocenters. The number of hydrogen-bond acceptors (Lipinski definition) is 10. The molecule has 0 aliphatic carbocycles. The van der Waals surface area contributed by atoms with Crippen LogP contribution in [0.2, 0.25) is 0 Å². The van der Waals surface area contributed by atoms with Crippen LogP contribution in [-0.2, 0) is 30.4 Å². The van der Waals surface area contributed by atoms with Crippen molar-refractivity contribution in [3.63, 3.8) is 0 Å². The molecule has 4 rings (SSSR count). The number of carbonyl (C=O) groups excluding carboxylic acids is 5. The van der Waals surface area contributed by atoms with Gasteiger partial charge in [-0.1, -0.05) is 32.0 Å². The fraction of sp³-hybridized carbons (Fsp3) is 0.424. The molecule has 0 spiro atoms. The summed E-state index contributed by atoms with van der Waals surface area (Å²) in [5, 5.41) is 44.0. The van der Waals surface area contributed by atoms with E-state index in [4.69, 9.17) is 0 Å². The molecule has 2 aromatic heterocycles. The maximum atomic E-state index is 14.1. The van der Waals surface area contributed by atoms with Gasteiger partial charge in [-0.05, 0) is 43.9 Å². The number of rotatable bonds is 6. The normalized spacial score (nSPS) is 23.4. The molecule has 3 heterocycles. The van der Waals surface area contributed by atoms with Gasteiger partial charge in [-0.3, -0.25) is 29.0 Å². The molecule has 0 bridgehead atoms. The Morgan fingerprint density at radius 3 is 2.36 bits per heavy atom. The number of aromatic nitrogens is 2. The summed E-state index contributed by atoms with van der Waals surface area (Å²) in [7, 11) is 0. The second-order valence-electron chi connectivity index (χ2n) is 12.5. The topological polar surface area (TPSA) is 252 Å². The first kappa shape index (κ1) is 37.7. The van der Waals surface area contributed by atoms with Crippen LogP contribution in [-0.4, -0.2) is 103 Å². The summed E-state index contributed by atoms with van der Waals surface area (Å²) in [6.07, 6.45) is 0.963. The number of nitrogens with zero attached hydrogens (tertiary/aromatic N) is 1. The number of aliphatic hydroxyl groups is 1. The van der Waals surface area contributed by atoms with E-state index in [1.54, 1.807) is 24.3 Å². The number of aliphatic hydroxyl groups excluding tert-OH is 1. The molecule has 0 saturated heterocycles. The van der Waals surface area contributed by atoms with Crippen molar-refractivity contribution in [2.45, 2.75) is 81.9 Å². The van der Waals surface area contributed by atoms with Crippen LogP contribution in [0.1, 0.15) is 50.0 Å². The summed E-state index contributed by atoms with van der Waals surface area (Å²) >= 11 is 1.04. The summed E-state index contributed by atoms with van der Waals surface area (Å²) < 4.78 is 0. The zero-order valence-corrected chi connectivity index (χ0v) is 28.7. The highest BCUT2D eigenvalue weighted by molar-refractivity contribution is 7.99. The van der Waals surface area contributed by atoms with Gasteiger partial charge in [0.05, 0.1) is 22.9 Å². The van der Waals surface area contributed by atoms with Crippen molar-refractivity contribution >= 4 is 58.2 Å². The Balaban J connectivity index is 1.81. The van der Waals surface area contributed by atoms with Gasteiger partial charge in [0.2, 0.25) is 23.6 Å². The number of nitrogens with one attached hydrogen (secondary N) is 6. The Morgan fingerprint density at radius 1 is 0.980 bits per heavy atom. The summed E-state index contributed by atoms with van der Waals surface area (Å²) in [5.74, 6) is -5.92. The van der Waals surface area contributed by atoms with E-state index >= 15 is 0 Å². The molecule has 0 saturated carbocycles. The number of aromatic amines is 1. The zero-order chi connectivity index (χ0) is 36.7. The van der Waals surface area contributed by atoms with Gasteiger partial charge < -0.3 is 46.9 Å². The van der Waals surface area contributed by atoms with E-state index in [0.717, 1.165) is 18.0 Å². The van der Waals surface area contributed by atoms with Crippen molar-refractivity contribution in [2.24, 2.45) is 5.92 Å². The zero-order valence-electron chi connectivity index (χ0n) is 27.9. The predicted octanol–water partition coefficient (Wildman–Crippen LogP) is 0.186. The molecule has 1 aliphatic rings. The highest BCUT2D eigenvalue weighted by atomic mass is 32.2. The average molecular weight is 712 g/mol. The second kappa shape index (κ2) is 16.5. The molecule has 0 radical (unpaired) electrons. The van der Waals surface area contributed by atoms with Gasteiger partial charge in [-0.25, -0.2) is 4.79 Å². The number of carboxylic acid groups (broad SMARTS) is 1. The van der Waals surface area contributed by atoms with Crippen LogP contribution in [0.5, 0.6) is 5.75 Å². The van der Waals surface area contributed by atoms with E-state index in [1.165, 1.54) is 26.1 Å². The standard InChI is InChI=1S/C33H41N7O9S/c1-15(2)9-23-29(45)35-16(3)27(43)40-26(17(4)41)31(47)38-25(33(48)49)14-50-32-21(20-7-5-6-8-22(20)39-32)11-24(30(46)37-23)36-28(44)18-10-19(42)13-34-12-18/h5-8,10,12-13,15-17,23-26,39,41-42H,9,11,14H2,1-4H3,(H,35,45)(H,36,44)(H,37,46)(H,38,47)(H,40,43)(H,48,49)/t16-,17-,23+,24+,25+,26+/m1/s1. The number of carboxylic acids is 1. The van der Waals surface area contributed by atoms with Crippen molar-refractivity contribution in [1.29, 1.82) is 0 Å². The molecule has 1 aromatic carbocycles. The van der Waals surface area contributed by atoms with Crippen molar-refractivity contribution < 1.29 is 44.1 Å². The summed E-state index contributed by atoms with van der Waals surface area (Å²) in [5.41, 5.74) is 1.17. The monoisotopic (exact) mass is 711 g/mol. The largest absolute Gasteiger partial charge is 0.506 e. The van der Waals surface area contributed by atoms with Crippen molar-refractivity contribution in [1.82, 2.24) is 36.6 Å². The lowest BCUT2D eigenvalue weighted by Crippen LogP contribution is -2.60. The third kappa shape index (κ3) is 9.50. The first-order valence-electron chi connectivity index (χ1n) is 15.9. The number of benzene rings is 1. The minimum atomic E-state index is -1.55. The van der Waals surface area contributed by atoms with Crippen LogP contribution in [0, 0.1) is 5.92 Å². The van der Waals surface area contributed by atoms with Crippen LogP contribution in [0.4, 0.5) is 0 Å². The summed E-state index contributed by atoms with van der Waals surface area (Å²) in [4.78, 5) is 86.6. The fourth-order valence-corrected chi connectivity index (χ4v) is 6.46. The quantitative estimate of drug-likeness (QED) is 0.167. The summed E-state index contributed by atoms with van der Waals surface area (Å²) in [6.45, 7) is 6.27. The van der Waals surface area contributed by atoms with Crippen LogP contribution in [0.25, 0.3) is 10.9 Å². The number of hydrogen-bond donors (Lipinski definition) is 9. The van der Waals surface area contributed by atoms with Crippen LogP contribution >= 0.6 is 11.8 Å². The molecule has 50 heavy (non-hydrogen) atoms. The lowest BCUT2D eigenvalue weighted by molar-refractivity contribution is -0.142. The van der Waals surface area contributed by atoms with E-state index < -0.39 is 71.8 Å². The number of pyridine rings is 1. The fourth-order valence-electron chi connectivity index (χ4n) is 5.35. The molecule has 9 N–H and O–H groups in total. The summed E-state index contributed by atoms with van der Waals surface area (Å²) in [6, 6.07) is 1.58. The maximum absolute atomic E-state index is 14.1. The lowest BCUT2D eigenvalue weighted by Gasteiger charge is -2.27. The first-order valence-corrected chi connectivity index (χ1v) is 16.9. The smallest absolute Gasteiger partial charge is 0.327 e. The second-order valence-corrected chi connectivity index (χ2v) is 13.5. The Kier molecular flexibility index (Phi) is 12.4. The lowest BCUT2D eigenvalue weighted by atomic mass is 10.00. The molecule has 5 amide bonds. The Hall–Kier alpha value is -5.16. The third-order valence-corrected chi connectivity index (χ3v) is 9.09. The number of thioether (sulfide) groups is 1. The van der Waals surface area contributed by atoms with Gasteiger partial charge in [0, 0.05) is 29.3 Å². The number of H-pyrrole nitrogens is 1. The minimum Gasteiger partial charge on any atom is -0.506 e. The number of fused-ring (bicyclic) bond motifs is 3. The SMILES string of the molecule is CC(C)C[C@@H]1NC(=O)[C@@H](NC(=O)c2cncc(O)c2)Cc2c([nH]c3ccccc23)SC[C@@H](C(=O)O)NC(=O)[C@H]([C@@H](C)O)NC(=O)[C@@H](C)NC1=O. The van der Waals surface area contributed by atoms with E-state index in [-0.39, 0.29) is 35.8 Å². The van der Waals surface area contributed by atoms with Gasteiger partial charge in [0.25, 0.3) is 5.91 Å². The molecule has 16 nitrogen and oxygen atoms in total. The van der Waals surface area contributed by atoms with E-state index in [0.29, 0.717) is 21.5 Å². The Bertz CT molecular complexity index is 1760. The minimum absolute atomic E-state index is 0.0300. The van der Waals surface area contributed by atoms with Gasteiger partial charge in [-0.15, -0.1) is 11.8 Å². The number of amides is 5. The van der Waals surface area contributed by atoms with E-state index in [1.807, 2.05) is 13.8 Å². The number of para-hydroxylation sites is 1. The average Bonchev–Trinajstić information content (AvgIpc) is 3.40. The van der Waals surface area contributed by atoms with Gasteiger partial charge in [0.15, 0.2) is 0 Å². The number of aliphatic carboxylic acids is 1. The number of aromatic hydroxyl groups is 1. The predicted molar refractivity (Wildman–Crippen MR) is 182 cm³/mol. The van der Waals surface area contributed by atoms with E-state index in [2.05, 4.69) is 36.6 Å². The van der Waals surface area contributed by atoms with Crippen molar-refractivity contribution in [2.75, 3.05) is 5.75 Å². The highest BCUT2D eigenvalue weighted by Crippen LogP contribution is 2.31. The van der Waals surface area contributed by atoms with Crippen LogP contribution in [0.3, 0.4) is 0 Å². The molecule has 1 aliphatic heterocycles. The van der Waals surface area contributed by atoms with Crippen LogP contribution in [0.15, 0.2) is 47.8 Å². The Morgan fingerprint density at radius 2 is 1.70 bits per heavy atom. The molecular weight excluding hydrogens is 670 g/mol. The number of carbonyl (C=O) groups is 6. The third-order valence-electron chi connectivity index (χ3n) is 7.95. The molecule has 3 aromatic rings. The molecule has 17 heteroatoms. The van der Waals surface area contributed by atoms with Gasteiger partial charge >= 0.3 is 5.97 Å². The van der Waals surface area contributed by atoms with Crippen LogP contribution < -0.4 is 26.6 Å². The molecule has 0 unspecified atom stereocenters. The van der Waals surface area contributed by atoms with Crippen molar-refractivity contribution in [3.8, 4) is 5.75 Å². The highest BCUT2D eigenvalue weighted by Gasteiger charge is 2.34. The maximum Gasteiger partial charge on any atom is 0.327 e. The van der Waals surface area contributed by atoms with E-state index in [9.17, 15) is 44.1 Å². The van der Waals surface area contributed by atoms with Gasteiger partial charge in [0.1, 0.15) is 36.0 Å². The molecule has 0 fully saturated rings. The first-order chi connectivity index (χ1) is 23.6. The van der Waals surface area contributed by atoms with Crippen molar-refractivity contribution in [3.05, 3.63) is 53.9 Å². The Labute approximate surface area is 291 Å². The van der Waals surface area contributed by atoms with Gasteiger partial charge in [-0.2, -0.15) is 0 Å².